The van der Waals surface area contributed by atoms with E-state index in [9.17, 15) is 9.59 Å². The second-order valence-electron chi connectivity index (χ2n) is 5.46. The molecule has 0 unspecified atom stereocenters. The first-order chi connectivity index (χ1) is 12.6. The minimum atomic E-state index is -1.07. The van der Waals surface area contributed by atoms with Crippen LogP contribution in [0.15, 0.2) is 59.6 Å². The van der Waals surface area contributed by atoms with Gasteiger partial charge in [-0.25, -0.2) is 0 Å². The summed E-state index contributed by atoms with van der Waals surface area (Å²) in [7, 11) is 0. The number of nitrogens with zero attached hydrogens (tertiary/aromatic N) is 2. The Labute approximate surface area is 156 Å². The monoisotopic (exact) mass is 367 g/mol. The lowest BCUT2D eigenvalue weighted by molar-refractivity contribution is -0.130. The highest BCUT2D eigenvalue weighted by molar-refractivity contribution is 7.80. The van der Waals surface area contributed by atoms with Crippen LogP contribution in [-0.4, -0.2) is 29.7 Å². The zero-order valence-electron chi connectivity index (χ0n) is 14.1. The zero-order chi connectivity index (χ0) is 18.5. The van der Waals surface area contributed by atoms with Gasteiger partial charge >= 0.3 is 0 Å². The fourth-order valence-electron chi connectivity index (χ4n) is 2.54. The van der Waals surface area contributed by atoms with Crippen LogP contribution in [0.1, 0.15) is 6.92 Å². The Balaban J connectivity index is 1.88. The van der Waals surface area contributed by atoms with Gasteiger partial charge in [0.15, 0.2) is 11.0 Å². The molecule has 1 fully saturated rings. The Morgan fingerprint density at radius 3 is 2.58 bits per heavy atom. The topological polar surface area (TPSA) is 71.0 Å². The molecule has 1 atom stereocenters. The molecule has 0 radical (unpaired) electrons. The van der Waals surface area contributed by atoms with Crippen molar-refractivity contribution in [1.82, 2.24) is 5.32 Å². The Kier molecular flexibility index (Phi) is 5.38. The molecule has 1 saturated heterocycles. The van der Waals surface area contributed by atoms with Crippen LogP contribution in [-0.2, 0) is 9.59 Å². The summed E-state index contributed by atoms with van der Waals surface area (Å²) in [5, 5.41) is 2.62. The Hall–Kier alpha value is -3.06. The van der Waals surface area contributed by atoms with Gasteiger partial charge < -0.3 is 10.1 Å². The molecule has 0 saturated carbocycles. The summed E-state index contributed by atoms with van der Waals surface area (Å²) in [6, 6.07) is 16.1. The minimum Gasteiger partial charge on any atom is -0.492 e. The van der Waals surface area contributed by atoms with Crippen LogP contribution >= 0.6 is 12.2 Å². The van der Waals surface area contributed by atoms with E-state index in [0.717, 1.165) is 0 Å². The van der Waals surface area contributed by atoms with Crippen LogP contribution in [0.3, 0.4) is 0 Å². The van der Waals surface area contributed by atoms with E-state index in [2.05, 4.69) is 10.3 Å². The number of amides is 2. The third kappa shape index (κ3) is 3.62. The predicted molar refractivity (Wildman–Crippen MR) is 104 cm³/mol. The smallest absolute Gasteiger partial charge is 0.251 e. The van der Waals surface area contributed by atoms with Crippen molar-refractivity contribution in [1.29, 1.82) is 0 Å². The van der Waals surface area contributed by atoms with Crippen molar-refractivity contribution < 1.29 is 14.3 Å². The number of para-hydroxylation sites is 3. The number of aliphatic imine (C=N–C) groups is 1. The maximum absolute atomic E-state index is 12.8. The number of ether oxygens (including phenoxy) is 1. The Morgan fingerprint density at radius 2 is 1.85 bits per heavy atom. The molecule has 0 spiro atoms. The van der Waals surface area contributed by atoms with Gasteiger partial charge in [0.2, 0.25) is 5.91 Å². The number of thiocarbonyl (C=S) groups is 1. The summed E-state index contributed by atoms with van der Waals surface area (Å²) in [6.45, 7) is 2.36. The van der Waals surface area contributed by atoms with E-state index >= 15 is 0 Å². The first-order valence-electron chi connectivity index (χ1n) is 8.11. The summed E-state index contributed by atoms with van der Waals surface area (Å²) in [5.41, 5.74) is 1.14. The van der Waals surface area contributed by atoms with Gasteiger partial charge in [0, 0.05) is 6.21 Å². The van der Waals surface area contributed by atoms with E-state index in [1.165, 1.54) is 11.1 Å². The summed E-state index contributed by atoms with van der Waals surface area (Å²) in [6.07, 6.45) is 1.33. The van der Waals surface area contributed by atoms with Crippen LogP contribution in [0.25, 0.3) is 0 Å². The van der Waals surface area contributed by atoms with E-state index in [-0.39, 0.29) is 5.11 Å². The number of hydrogen-bond acceptors (Lipinski definition) is 5. The van der Waals surface area contributed by atoms with Crippen molar-refractivity contribution in [3.05, 3.63) is 54.6 Å². The van der Waals surface area contributed by atoms with Crippen molar-refractivity contribution in [2.24, 2.45) is 10.9 Å². The van der Waals surface area contributed by atoms with E-state index < -0.39 is 17.7 Å². The van der Waals surface area contributed by atoms with E-state index in [1.807, 2.05) is 25.1 Å². The minimum absolute atomic E-state index is 0.0607. The average Bonchev–Trinajstić information content (AvgIpc) is 2.63. The molecular formula is C19H17N3O3S. The summed E-state index contributed by atoms with van der Waals surface area (Å²) < 4.78 is 5.51. The summed E-state index contributed by atoms with van der Waals surface area (Å²) in [4.78, 5) is 30.7. The molecular weight excluding hydrogens is 350 g/mol. The van der Waals surface area contributed by atoms with Gasteiger partial charge in [0.05, 0.1) is 12.3 Å². The van der Waals surface area contributed by atoms with Gasteiger partial charge in [-0.05, 0) is 43.4 Å². The molecule has 7 heteroatoms. The van der Waals surface area contributed by atoms with Gasteiger partial charge in [0.1, 0.15) is 11.4 Å². The van der Waals surface area contributed by atoms with Gasteiger partial charge in [-0.3, -0.25) is 19.5 Å². The van der Waals surface area contributed by atoms with Gasteiger partial charge in [-0.1, -0.05) is 30.3 Å². The Bertz CT molecular complexity index is 867. The molecule has 3 rings (SSSR count). The van der Waals surface area contributed by atoms with Crippen molar-refractivity contribution in [2.45, 2.75) is 6.92 Å². The van der Waals surface area contributed by atoms with Crippen LogP contribution in [0, 0.1) is 5.92 Å². The summed E-state index contributed by atoms with van der Waals surface area (Å²) >= 11 is 5.16. The normalized spacial score (nSPS) is 17.5. The molecule has 2 aromatic carbocycles. The van der Waals surface area contributed by atoms with Crippen LogP contribution in [0.5, 0.6) is 5.75 Å². The number of anilines is 1. The lowest BCUT2D eigenvalue weighted by Crippen LogP contribution is -2.58. The third-order valence-corrected chi connectivity index (χ3v) is 4.03. The van der Waals surface area contributed by atoms with Crippen molar-refractivity contribution >= 4 is 46.7 Å². The second-order valence-corrected chi connectivity index (χ2v) is 5.85. The van der Waals surface area contributed by atoms with Crippen LogP contribution in [0.2, 0.25) is 0 Å². The molecule has 1 aliphatic rings. The molecule has 2 amide bonds. The fraction of sp³-hybridized carbons (Fsp3) is 0.158. The SMILES string of the molecule is CCOc1ccccc1N=C[C@@H]1C(=O)NC(=S)N(c2ccccc2)C1=O. The quantitative estimate of drug-likeness (QED) is 0.501. The van der Waals surface area contributed by atoms with Crippen molar-refractivity contribution in [2.75, 3.05) is 11.5 Å². The molecule has 1 heterocycles. The number of nitrogens with one attached hydrogen (secondary N) is 1. The second kappa shape index (κ2) is 7.88. The van der Waals surface area contributed by atoms with Crippen molar-refractivity contribution in [3.8, 4) is 5.75 Å². The largest absolute Gasteiger partial charge is 0.492 e. The summed E-state index contributed by atoms with van der Waals surface area (Å²) in [5.74, 6) is -1.42. The molecule has 132 valence electrons. The highest BCUT2D eigenvalue weighted by Crippen LogP contribution is 2.27. The van der Waals surface area contributed by atoms with Gasteiger partial charge in [0.25, 0.3) is 5.91 Å². The molecule has 1 aliphatic heterocycles. The fourth-order valence-corrected chi connectivity index (χ4v) is 2.84. The molecule has 0 bridgehead atoms. The van der Waals surface area contributed by atoms with Gasteiger partial charge in [-0.2, -0.15) is 0 Å². The molecule has 1 N–H and O–H groups in total. The number of benzene rings is 2. The van der Waals surface area contributed by atoms with Crippen LogP contribution in [0.4, 0.5) is 11.4 Å². The van der Waals surface area contributed by atoms with E-state index in [1.54, 1.807) is 36.4 Å². The molecule has 0 aliphatic carbocycles. The third-order valence-electron chi connectivity index (χ3n) is 3.74. The maximum atomic E-state index is 12.8. The molecule has 26 heavy (non-hydrogen) atoms. The van der Waals surface area contributed by atoms with Gasteiger partial charge in [-0.15, -0.1) is 0 Å². The van der Waals surface area contributed by atoms with Crippen molar-refractivity contribution in [3.63, 3.8) is 0 Å². The average molecular weight is 367 g/mol. The highest BCUT2D eigenvalue weighted by atomic mass is 32.1. The Morgan fingerprint density at radius 1 is 1.15 bits per heavy atom. The maximum Gasteiger partial charge on any atom is 0.251 e. The molecule has 0 aromatic heterocycles. The first-order valence-corrected chi connectivity index (χ1v) is 8.52. The zero-order valence-corrected chi connectivity index (χ0v) is 14.9. The number of rotatable bonds is 5. The lowest BCUT2D eigenvalue weighted by Gasteiger charge is -2.30. The highest BCUT2D eigenvalue weighted by Gasteiger charge is 2.38. The van der Waals surface area contributed by atoms with E-state index in [0.29, 0.717) is 23.7 Å². The number of carbonyl (C=O) groups excluding carboxylic acids is 2. The number of carbonyl (C=O) groups is 2. The lowest BCUT2D eigenvalue weighted by atomic mass is 10.1. The first kappa shape index (κ1) is 17.8. The standard InChI is InChI=1S/C19H17N3O3S/c1-2-25-16-11-7-6-10-15(16)20-12-14-17(23)21-19(26)22(18(14)24)13-8-4-3-5-9-13/h3-12,14H,2H2,1H3,(H,21,23,26)/t14-/m1/s1. The van der Waals surface area contributed by atoms with Crippen LogP contribution < -0.4 is 15.0 Å². The predicted octanol–water partition coefficient (Wildman–Crippen LogP) is 2.85. The number of hydrogen-bond donors (Lipinski definition) is 1. The van der Waals surface area contributed by atoms with E-state index in [4.69, 9.17) is 17.0 Å². The molecule has 6 nitrogen and oxygen atoms in total. The molecule has 2 aromatic rings.